The summed E-state index contributed by atoms with van der Waals surface area (Å²) < 4.78 is 5.67. The lowest BCUT2D eigenvalue weighted by molar-refractivity contribution is -0.126. The maximum Gasteiger partial charge on any atom is 0.224 e. The molecule has 1 aromatic rings. The Kier molecular flexibility index (Phi) is 5.62. The Bertz CT molecular complexity index is 474. The van der Waals surface area contributed by atoms with Crippen LogP contribution in [0.2, 0.25) is 0 Å². The predicted octanol–water partition coefficient (Wildman–Crippen LogP) is 2.43. The highest BCUT2D eigenvalue weighted by atomic mass is 16.5. The number of ether oxygens (including phenoxy) is 1. The molecular weight excluding hydrogens is 264 g/mol. The average molecular weight is 290 g/mol. The van der Waals surface area contributed by atoms with E-state index in [1.165, 1.54) is 0 Å². The minimum Gasteiger partial charge on any atom is -0.491 e. The summed E-state index contributed by atoms with van der Waals surface area (Å²) in [5, 5.41) is 3.05. The van der Waals surface area contributed by atoms with E-state index in [0.717, 1.165) is 37.2 Å². The highest BCUT2D eigenvalue weighted by Gasteiger charge is 2.23. The third kappa shape index (κ3) is 5.05. The van der Waals surface area contributed by atoms with Crippen LogP contribution in [0.3, 0.4) is 0 Å². The quantitative estimate of drug-likeness (QED) is 0.905. The topological polar surface area (TPSA) is 41.6 Å². The van der Waals surface area contributed by atoms with Gasteiger partial charge in [-0.2, -0.15) is 0 Å². The molecule has 116 valence electrons. The van der Waals surface area contributed by atoms with E-state index in [0.29, 0.717) is 6.54 Å². The Hall–Kier alpha value is -1.55. The third-order valence-corrected chi connectivity index (χ3v) is 3.73. The van der Waals surface area contributed by atoms with Crippen LogP contribution in [0.25, 0.3) is 0 Å². The number of hydrogen-bond donors (Lipinski definition) is 1. The van der Waals surface area contributed by atoms with Crippen molar-refractivity contribution < 1.29 is 9.53 Å². The van der Waals surface area contributed by atoms with Crippen molar-refractivity contribution in [3.8, 4) is 5.75 Å². The van der Waals surface area contributed by atoms with E-state index < -0.39 is 0 Å². The van der Waals surface area contributed by atoms with Gasteiger partial charge in [-0.3, -0.25) is 4.79 Å². The fourth-order valence-electron chi connectivity index (χ4n) is 2.71. The number of benzene rings is 1. The van der Waals surface area contributed by atoms with E-state index >= 15 is 0 Å². The second kappa shape index (κ2) is 7.46. The molecule has 1 aromatic carbocycles. The number of amides is 1. The molecule has 1 amide bonds. The van der Waals surface area contributed by atoms with Crippen LogP contribution < -0.4 is 10.1 Å². The number of nitrogens with one attached hydrogen (secondary N) is 1. The molecular formula is C17H26N2O2. The number of nitrogens with zero attached hydrogens (tertiary/aromatic N) is 1. The summed E-state index contributed by atoms with van der Waals surface area (Å²) in [7, 11) is 2.08. The molecule has 1 fully saturated rings. The van der Waals surface area contributed by atoms with Gasteiger partial charge in [-0.25, -0.2) is 0 Å². The molecule has 1 aliphatic heterocycles. The molecule has 0 aliphatic carbocycles. The molecule has 2 rings (SSSR count). The molecule has 4 heteroatoms. The van der Waals surface area contributed by atoms with Crippen LogP contribution in [0.1, 0.15) is 32.3 Å². The Balaban J connectivity index is 1.86. The summed E-state index contributed by atoms with van der Waals surface area (Å²) in [5.41, 5.74) is 1.07. The van der Waals surface area contributed by atoms with Gasteiger partial charge in [0.15, 0.2) is 0 Å². The van der Waals surface area contributed by atoms with Crippen LogP contribution >= 0.6 is 0 Å². The second-order valence-corrected chi connectivity index (χ2v) is 6.13. The first-order valence-electron chi connectivity index (χ1n) is 7.76. The van der Waals surface area contributed by atoms with E-state index in [1.54, 1.807) is 0 Å². The van der Waals surface area contributed by atoms with Crippen molar-refractivity contribution in [3.05, 3.63) is 29.8 Å². The first-order chi connectivity index (χ1) is 10.0. The van der Waals surface area contributed by atoms with Crippen molar-refractivity contribution in [1.82, 2.24) is 10.2 Å². The van der Waals surface area contributed by atoms with E-state index in [9.17, 15) is 4.79 Å². The van der Waals surface area contributed by atoms with Crippen LogP contribution in [0.5, 0.6) is 5.75 Å². The van der Waals surface area contributed by atoms with Crippen molar-refractivity contribution in [2.75, 3.05) is 20.1 Å². The van der Waals surface area contributed by atoms with Gasteiger partial charge in [0.1, 0.15) is 5.75 Å². The number of rotatable bonds is 5. The van der Waals surface area contributed by atoms with Gasteiger partial charge in [0.25, 0.3) is 0 Å². The molecule has 1 saturated heterocycles. The van der Waals surface area contributed by atoms with Crippen LogP contribution in [-0.4, -0.2) is 37.0 Å². The maximum atomic E-state index is 12.2. The molecule has 1 heterocycles. The van der Waals surface area contributed by atoms with Crippen molar-refractivity contribution >= 4 is 5.91 Å². The fraction of sp³-hybridized carbons (Fsp3) is 0.588. The standard InChI is InChI=1S/C17H26N2O2/c1-13(2)21-16-8-4-6-14(10-16)11-18-17(20)15-7-5-9-19(3)12-15/h4,6,8,10,13,15H,5,7,9,11-12H2,1-3H3,(H,18,20)/t15-/m1/s1. The monoisotopic (exact) mass is 290 g/mol. The van der Waals surface area contributed by atoms with Gasteiger partial charge in [0.2, 0.25) is 5.91 Å². The van der Waals surface area contributed by atoms with Crippen LogP contribution in [0.4, 0.5) is 0 Å². The van der Waals surface area contributed by atoms with Gasteiger partial charge < -0.3 is 15.0 Å². The van der Waals surface area contributed by atoms with E-state index in [-0.39, 0.29) is 17.9 Å². The van der Waals surface area contributed by atoms with Crippen LogP contribution in [0.15, 0.2) is 24.3 Å². The highest BCUT2D eigenvalue weighted by molar-refractivity contribution is 5.78. The van der Waals surface area contributed by atoms with Gasteiger partial charge in [-0.1, -0.05) is 12.1 Å². The molecule has 0 unspecified atom stereocenters. The predicted molar refractivity (Wildman–Crippen MR) is 84.3 cm³/mol. The molecule has 1 atom stereocenters. The first kappa shape index (κ1) is 15.8. The Morgan fingerprint density at radius 2 is 2.29 bits per heavy atom. The maximum absolute atomic E-state index is 12.2. The Morgan fingerprint density at radius 1 is 1.48 bits per heavy atom. The van der Waals surface area contributed by atoms with E-state index in [4.69, 9.17) is 4.74 Å². The normalized spacial score (nSPS) is 19.5. The smallest absolute Gasteiger partial charge is 0.224 e. The molecule has 1 aliphatic rings. The summed E-state index contributed by atoms with van der Waals surface area (Å²) >= 11 is 0. The van der Waals surface area contributed by atoms with Gasteiger partial charge in [-0.05, 0) is 58.0 Å². The molecule has 4 nitrogen and oxygen atoms in total. The zero-order chi connectivity index (χ0) is 15.2. The second-order valence-electron chi connectivity index (χ2n) is 6.13. The fourth-order valence-corrected chi connectivity index (χ4v) is 2.71. The zero-order valence-electron chi connectivity index (χ0n) is 13.3. The van der Waals surface area contributed by atoms with Crippen molar-refractivity contribution in [2.45, 2.75) is 39.3 Å². The number of carbonyl (C=O) groups is 1. The minimum absolute atomic E-state index is 0.124. The number of carbonyl (C=O) groups excluding carboxylic acids is 1. The Labute approximate surface area is 127 Å². The van der Waals surface area contributed by atoms with Gasteiger partial charge >= 0.3 is 0 Å². The number of hydrogen-bond acceptors (Lipinski definition) is 3. The lowest BCUT2D eigenvalue weighted by Crippen LogP contribution is -2.41. The molecule has 0 aromatic heterocycles. The lowest BCUT2D eigenvalue weighted by atomic mass is 9.97. The summed E-state index contributed by atoms with van der Waals surface area (Å²) in [6.45, 7) is 6.54. The third-order valence-electron chi connectivity index (χ3n) is 3.73. The summed E-state index contributed by atoms with van der Waals surface area (Å²) in [4.78, 5) is 14.4. The van der Waals surface area contributed by atoms with Crippen LogP contribution in [-0.2, 0) is 11.3 Å². The van der Waals surface area contributed by atoms with Gasteiger partial charge in [0.05, 0.1) is 12.0 Å². The Morgan fingerprint density at radius 3 is 3.00 bits per heavy atom. The summed E-state index contributed by atoms with van der Waals surface area (Å²) in [5.74, 6) is 1.14. The SMILES string of the molecule is CC(C)Oc1cccc(CNC(=O)[C@@H]2CCCN(C)C2)c1. The van der Waals surface area contributed by atoms with Gasteiger partial charge in [0, 0.05) is 13.1 Å². The van der Waals surface area contributed by atoms with Crippen molar-refractivity contribution in [2.24, 2.45) is 5.92 Å². The molecule has 21 heavy (non-hydrogen) atoms. The average Bonchev–Trinajstić information content (AvgIpc) is 2.44. The summed E-state index contributed by atoms with van der Waals surface area (Å²) in [6, 6.07) is 7.92. The molecule has 0 radical (unpaired) electrons. The lowest BCUT2D eigenvalue weighted by Gasteiger charge is -2.28. The highest BCUT2D eigenvalue weighted by Crippen LogP contribution is 2.17. The van der Waals surface area contributed by atoms with Gasteiger partial charge in [-0.15, -0.1) is 0 Å². The van der Waals surface area contributed by atoms with Crippen molar-refractivity contribution in [3.63, 3.8) is 0 Å². The molecule has 1 N–H and O–H groups in total. The van der Waals surface area contributed by atoms with E-state index in [1.807, 2.05) is 38.1 Å². The summed E-state index contributed by atoms with van der Waals surface area (Å²) in [6.07, 6.45) is 2.26. The van der Waals surface area contributed by atoms with Crippen molar-refractivity contribution in [1.29, 1.82) is 0 Å². The molecule has 0 saturated carbocycles. The van der Waals surface area contributed by atoms with E-state index in [2.05, 4.69) is 17.3 Å². The molecule has 0 spiro atoms. The number of likely N-dealkylation sites (tertiary alicyclic amines) is 1. The molecule has 0 bridgehead atoms. The van der Waals surface area contributed by atoms with Crippen LogP contribution in [0, 0.1) is 5.92 Å². The zero-order valence-corrected chi connectivity index (χ0v) is 13.3. The largest absolute Gasteiger partial charge is 0.491 e. The minimum atomic E-state index is 0.124. The number of piperidine rings is 1. The first-order valence-corrected chi connectivity index (χ1v) is 7.76.